The Hall–Kier alpha value is -0.763. The lowest BCUT2D eigenvalue weighted by Crippen LogP contribution is -2.55. The third kappa shape index (κ3) is 1.87. The molecule has 2 aromatic carbocycles. The highest BCUT2D eigenvalue weighted by molar-refractivity contribution is 6.95. The second-order valence-electron chi connectivity index (χ2n) is 6.14. The lowest BCUT2D eigenvalue weighted by atomic mass is 10.1. The third-order valence-electron chi connectivity index (χ3n) is 4.82. The van der Waals surface area contributed by atoms with Crippen LogP contribution in [0.15, 0.2) is 60.7 Å². The summed E-state index contributed by atoms with van der Waals surface area (Å²) >= 11 is 13.3. The minimum Gasteiger partial charge on any atom is -0.101 e. The van der Waals surface area contributed by atoms with Crippen molar-refractivity contribution in [2.75, 3.05) is 0 Å². The molecule has 104 valence electrons. The Morgan fingerprint density at radius 3 is 1.75 bits per heavy atom. The molecule has 3 rings (SSSR count). The molecule has 3 heteroatoms. The fourth-order valence-electron chi connectivity index (χ4n) is 3.46. The molecule has 1 aliphatic carbocycles. The molecule has 0 nitrogen and oxygen atoms in total. The van der Waals surface area contributed by atoms with E-state index in [1.807, 2.05) is 6.07 Å². The predicted octanol–water partition coefficient (Wildman–Crippen LogP) is 4.66. The molecule has 0 saturated heterocycles. The van der Waals surface area contributed by atoms with Gasteiger partial charge in [-0.1, -0.05) is 78.9 Å². The lowest BCUT2D eigenvalue weighted by molar-refractivity contribution is 0.938. The summed E-state index contributed by atoms with van der Waals surface area (Å²) in [5.41, 5.74) is 1.28. The molecule has 0 amide bonds. The SMILES string of the molecule is C[Si](C)(c1ccccc1)C1(c2ccccc2)CC1(Cl)Cl. The van der Waals surface area contributed by atoms with Crippen molar-refractivity contribution in [3.8, 4) is 0 Å². The molecule has 0 N–H and O–H groups in total. The number of hydrogen-bond acceptors (Lipinski definition) is 0. The van der Waals surface area contributed by atoms with Crippen LogP contribution in [0.1, 0.15) is 12.0 Å². The second-order valence-corrected chi connectivity index (χ2v) is 12.3. The quantitative estimate of drug-likeness (QED) is 0.570. The normalized spacial score (nSPS) is 24.4. The number of halogens is 2. The van der Waals surface area contributed by atoms with Crippen LogP contribution in [0.25, 0.3) is 0 Å². The van der Waals surface area contributed by atoms with Crippen molar-refractivity contribution >= 4 is 36.5 Å². The van der Waals surface area contributed by atoms with Crippen LogP contribution < -0.4 is 5.19 Å². The molecular formula is C17H18Cl2Si. The molecule has 1 saturated carbocycles. The number of alkyl halides is 2. The van der Waals surface area contributed by atoms with Gasteiger partial charge in [0.2, 0.25) is 0 Å². The van der Waals surface area contributed by atoms with Crippen molar-refractivity contribution < 1.29 is 0 Å². The highest BCUT2D eigenvalue weighted by atomic mass is 35.5. The molecule has 0 spiro atoms. The Bertz CT molecular complexity index is 607. The zero-order valence-electron chi connectivity index (χ0n) is 11.7. The van der Waals surface area contributed by atoms with Gasteiger partial charge in [-0.25, -0.2) is 0 Å². The van der Waals surface area contributed by atoms with Gasteiger partial charge in [-0.05, 0) is 12.0 Å². The van der Waals surface area contributed by atoms with Gasteiger partial charge >= 0.3 is 0 Å². The largest absolute Gasteiger partial charge is 0.126 e. The lowest BCUT2D eigenvalue weighted by Gasteiger charge is -2.35. The van der Waals surface area contributed by atoms with Crippen LogP contribution in [0, 0.1) is 0 Å². The second kappa shape index (κ2) is 4.62. The Labute approximate surface area is 131 Å². The average molecular weight is 321 g/mol. The first kappa shape index (κ1) is 14.2. The molecule has 2 aromatic rings. The minimum absolute atomic E-state index is 0.0915. The van der Waals surface area contributed by atoms with E-state index < -0.39 is 12.4 Å². The maximum Gasteiger partial charge on any atom is 0.126 e. The van der Waals surface area contributed by atoms with Gasteiger partial charge in [-0.3, -0.25) is 0 Å². The van der Waals surface area contributed by atoms with Gasteiger partial charge in [-0.2, -0.15) is 0 Å². The van der Waals surface area contributed by atoms with E-state index >= 15 is 0 Å². The van der Waals surface area contributed by atoms with Crippen molar-refractivity contribution in [3.63, 3.8) is 0 Å². The summed E-state index contributed by atoms with van der Waals surface area (Å²) in [5.74, 6) is 0. The van der Waals surface area contributed by atoms with Crippen LogP contribution in [0.5, 0.6) is 0 Å². The fraction of sp³-hybridized carbons (Fsp3) is 0.294. The van der Waals surface area contributed by atoms with Crippen molar-refractivity contribution in [2.45, 2.75) is 28.9 Å². The van der Waals surface area contributed by atoms with Crippen LogP contribution >= 0.6 is 23.2 Å². The van der Waals surface area contributed by atoms with E-state index in [4.69, 9.17) is 23.2 Å². The molecule has 1 atom stereocenters. The van der Waals surface area contributed by atoms with Crippen LogP contribution in [0.4, 0.5) is 0 Å². The molecule has 0 radical (unpaired) electrons. The van der Waals surface area contributed by atoms with E-state index in [2.05, 4.69) is 67.7 Å². The zero-order chi connectivity index (χ0) is 14.4. The van der Waals surface area contributed by atoms with Gasteiger partial charge in [0.05, 0.1) is 8.07 Å². The highest BCUT2D eigenvalue weighted by Gasteiger charge is 2.74. The molecule has 1 unspecified atom stereocenters. The van der Waals surface area contributed by atoms with Crippen LogP contribution in [-0.2, 0) is 5.04 Å². The van der Waals surface area contributed by atoms with E-state index in [1.54, 1.807) is 0 Å². The summed E-state index contributed by atoms with van der Waals surface area (Å²) < 4.78 is -0.639. The smallest absolute Gasteiger partial charge is 0.101 e. The fourth-order valence-corrected chi connectivity index (χ4v) is 9.75. The van der Waals surface area contributed by atoms with E-state index in [9.17, 15) is 0 Å². The van der Waals surface area contributed by atoms with Crippen LogP contribution in [-0.4, -0.2) is 12.4 Å². The molecule has 0 bridgehead atoms. The standard InChI is InChI=1S/C17H18Cl2Si/c1-20(2,15-11-7-4-8-12-15)16(13-17(16,18)19)14-9-5-3-6-10-14/h3-12H,13H2,1-2H3. The van der Waals surface area contributed by atoms with Crippen molar-refractivity contribution in [2.24, 2.45) is 0 Å². The summed E-state index contributed by atoms with van der Waals surface area (Å²) in [6.45, 7) is 4.75. The predicted molar refractivity (Wildman–Crippen MR) is 90.7 cm³/mol. The van der Waals surface area contributed by atoms with Crippen LogP contribution in [0.2, 0.25) is 13.1 Å². The monoisotopic (exact) mass is 320 g/mol. The molecule has 20 heavy (non-hydrogen) atoms. The highest BCUT2D eigenvalue weighted by Crippen LogP contribution is 2.68. The minimum atomic E-state index is -1.84. The van der Waals surface area contributed by atoms with Gasteiger partial charge in [0.1, 0.15) is 4.33 Å². The number of rotatable bonds is 3. The average Bonchev–Trinajstić information content (AvgIpc) is 3.06. The van der Waals surface area contributed by atoms with Gasteiger partial charge < -0.3 is 0 Å². The molecule has 0 aliphatic heterocycles. The van der Waals surface area contributed by atoms with Gasteiger partial charge in [0.25, 0.3) is 0 Å². The van der Waals surface area contributed by atoms with E-state index in [0.717, 1.165) is 6.42 Å². The van der Waals surface area contributed by atoms with Crippen molar-refractivity contribution in [1.82, 2.24) is 0 Å². The summed E-state index contributed by atoms with van der Waals surface area (Å²) in [7, 11) is -1.84. The number of hydrogen-bond donors (Lipinski definition) is 0. The maximum atomic E-state index is 6.63. The number of benzene rings is 2. The van der Waals surface area contributed by atoms with E-state index in [-0.39, 0.29) is 5.04 Å². The maximum absolute atomic E-state index is 6.63. The zero-order valence-corrected chi connectivity index (χ0v) is 14.2. The molecular weight excluding hydrogens is 303 g/mol. The molecule has 0 heterocycles. The molecule has 0 aromatic heterocycles. The summed E-state index contributed by atoms with van der Waals surface area (Å²) in [5, 5.41) is 1.32. The Kier molecular flexibility index (Phi) is 3.28. The topological polar surface area (TPSA) is 0 Å². The van der Waals surface area contributed by atoms with Gasteiger partial charge in [-0.15, -0.1) is 23.2 Å². The van der Waals surface area contributed by atoms with Gasteiger partial charge in [0, 0.05) is 5.04 Å². The Balaban J connectivity index is 2.14. The van der Waals surface area contributed by atoms with Crippen LogP contribution in [0.3, 0.4) is 0 Å². The first-order chi connectivity index (χ1) is 9.42. The Morgan fingerprint density at radius 1 is 0.850 bits per heavy atom. The Morgan fingerprint density at radius 2 is 1.30 bits per heavy atom. The first-order valence-electron chi connectivity index (χ1n) is 6.91. The summed E-state index contributed by atoms with van der Waals surface area (Å²) in [4.78, 5) is 0. The molecule has 1 aliphatic rings. The summed E-state index contributed by atoms with van der Waals surface area (Å²) in [6.07, 6.45) is 0.848. The first-order valence-corrected chi connectivity index (χ1v) is 10.7. The van der Waals surface area contributed by atoms with Crippen molar-refractivity contribution in [3.05, 3.63) is 66.2 Å². The molecule has 1 fully saturated rings. The van der Waals surface area contributed by atoms with E-state index in [1.165, 1.54) is 10.8 Å². The third-order valence-corrected chi connectivity index (χ3v) is 10.8. The van der Waals surface area contributed by atoms with Crippen molar-refractivity contribution in [1.29, 1.82) is 0 Å². The van der Waals surface area contributed by atoms with E-state index in [0.29, 0.717) is 0 Å². The summed E-state index contributed by atoms with van der Waals surface area (Å²) in [6, 6.07) is 21.3. The van der Waals surface area contributed by atoms with Gasteiger partial charge in [0.15, 0.2) is 0 Å².